The first-order valence-corrected chi connectivity index (χ1v) is 10.3. The number of alkyl halides is 3. The molecule has 3 heterocycles. The maximum Gasteiger partial charge on any atom is 0.416 e. The Morgan fingerprint density at radius 2 is 2.00 bits per heavy atom. The molecule has 0 radical (unpaired) electrons. The van der Waals surface area contributed by atoms with Crippen molar-refractivity contribution >= 4 is 11.6 Å². The van der Waals surface area contributed by atoms with Crippen molar-refractivity contribution < 1.29 is 27.6 Å². The third-order valence-corrected chi connectivity index (χ3v) is 4.99. The molecule has 0 fully saturated rings. The molecular formula is C23H19F3N6O3. The van der Waals surface area contributed by atoms with Crippen LogP contribution in [0.4, 0.5) is 18.9 Å². The zero-order valence-corrected chi connectivity index (χ0v) is 18.2. The molecule has 0 saturated carbocycles. The molecule has 1 aromatic carbocycles. The number of benzene rings is 1. The van der Waals surface area contributed by atoms with Crippen molar-refractivity contribution in [1.29, 1.82) is 0 Å². The zero-order chi connectivity index (χ0) is 25.0. The van der Waals surface area contributed by atoms with Crippen LogP contribution < -0.4 is 10.6 Å². The lowest BCUT2D eigenvalue weighted by Crippen LogP contribution is -2.21. The van der Waals surface area contributed by atoms with Crippen molar-refractivity contribution in [3.05, 3.63) is 89.5 Å². The van der Waals surface area contributed by atoms with Gasteiger partial charge in [-0.2, -0.15) is 13.2 Å². The highest BCUT2D eigenvalue weighted by Gasteiger charge is 2.32. The van der Waals surface area contributed by atoms with Gasteiger partial charge in [0.05, 0.1) is 22.6 Å². The van der Waals surface area contributed by atoms with E-state index < -0.39 is 23.9 Å². The topological polar surface area (TPSA) is 126 Å². The molecule has 4 aromatic rings. The molecule has 9 nitrogen and oxygen atoms in total. The second-order valence-corrected chi connectivity index (χ2v) is 7.52. The Hall–Kier alpha value is -4.16. The fourth-order valence-electron chi connectivity index (χ4n) is 3.20. The quantitative estimate of drug-likeness (QED) is 0.338. The van der Waals surface area contributed by atoms with Gasteiger partial charge in [0.25, 0.3) is 5.91 Å². The number of nitrogens with one attached hydrogen (secondary N) is 2. The van der Waals surface area contributed by atoms with Crippen molar-refractivity contribution in [2.45, 2.75) is 25.9 Å². The van der Waals surface area contributed by atoms with E-state index in [4.69, 9.17) is 4.52 Å². The van der Waals surface area contributed by atoms with Gasteiger partial charge in [0.1, 0.15) is 12.6 Å². The van der Waals surface area contributed by atoms with Crippen molar-refractivity contribution in [2.75, 3.05) is 5.32 Å². The summed E-state index contributed by atoms with van der Waals surface area (Å²) in [5.41, 5.74) is 1.09. The number of rotatable bonds is 7. The summed E-state index contributed by atoms with van der Waals surface area (Å²) in [5.74, 6) is -0.968. The number of carbonyl (C=O) groups excluding carboxylic acids is 1. The number of carbonyl (C=O) groups is 1. The van der Waals surface area contributed by atoms with Gasteiger partial charge >= 0.3 is 6.18 Å². The van der Waals surface area contributed by atoms with Crippen LogP contribution in [0, 0.1) is 6.92 Å². The van der Waals surface area contributed by atoms with Gasteiger partial charge in [-0.25, -0.2) is 9.97 Å². The molecule has 0 bridgehead atoms. The number of anilines is 1. The molecule has 1 atom stereocenters. The van der Waals surface area contributed by atoms with E-state index in [1.807, 2.05) is 6.07 Å². The molecule has 1 unspecified atom stereocenters. The normalized spacial score (nSPS) is 12.4. The number of pyridine rings is 1. The van der Waals surface area contributed by atoms with Crippen LogP contribution in [0.2, 0.25) is 0 Å². The Morgan fingerprint density at radius 1 is 1.17 bits per heavy atom. The predicted molar refractivity (Wildman–Crippen MR) is 118 cm³/mol. The molecule has 0 aliphatic rings. The summed E-state index contributed by atoms with van der Waals surface area (Å²) in [6.45, 7) is 1.35. The number of hydrogen-bond acceptors (Lipinski definition) is 8. The number of aliphatic hydroxyl groups excluding tert-OH is 1. The van der Waals surface area contributed by atoms with Crippen LogP contribution in [0.15, 0.2) is 65.7 Å². The molecule has 12 heteroatoms. The number of nitrogens with zero attached hydrogens (tertiary/aromatic N) is 4. The van der Waals surface area contributed by atoms with Gasteiger partial charge in [0, 0.05) is 36.3 Å². The second kappa shape index (κ2) is 9.99. The summed E-state index contributed by atoms with van der Waals surface area (Å²) in [6.07, 6.45) is -1.13. The number of halogens is 3. The maximum atomic E-state index is 13.1. The lowest BCUT2D eigenvalue weighted by atomic mass is 10.1. The second-order valence-electron chi connectivity index (χ2n) is 7.52. The minimum atomic E-state index is -4.54. The third-order valence-electron chi connectivity index (χ3n) is 4.99. The van der Waals surface area contributed by atoms with Gasteiger partial charge in [0.2, 0.25) is 5.76 Å². The molecular weight excluding hydrogens is 465 g/mol. The SMILES string of the molecule is Cc1ccc(NC(=O)c2cc(CNC(O)c3cc(-c4cccnc4)ncn3)no2)cc1C(F)(F)F. The highest BCUT2D eigenvalue weighted by atomic mass is 19.4. The molecule has 35 heavy (non-hydrogen) atoms. The monoisotopic (exact) mass is 484 g/mol. The molecule has 3 aromatic heterocycles. The number of hydrogen-bond donors (Lipinski definition) is 3. The Kier molecular flexibility index (Phi) is 6.85. The summed E-state index contributed by atoms with van der Waals surface area (Å²) >= 11 is 0. The predicted octanol–water partition coefficient (Wildman–Crippen LogP) is 3.89. The fourth-order valence-corrected chi connectivity index (χ4v) is 3.20. The van der Waals surface area contributed by atoms with E-state index >= 15 is 0 Å². The van der Waals surface area contributed by atoms with Gasteiger partial charge < -0.3 is 14.9 Å². The van der Waals surface area contributed by atoms with Crippen LogP contribution in [0.5, 0.6) is 0 Å². The molecule has 0 aliphatic carbocycles. The average molecular weight is 484 g/mol. The first kappa shape index (κ1) is 24.0. The molecule has 0 spiro atoms. The number of aryl methyl sites for hydroxylation is 1. The van der Waals surface area contributed by atoms with Crippen LogP contribution in [0.25, 0.3) is 11.3 Å². The largest absolute Gasteiger partial charge is 0.416 e. The summed E-state index contributed by atoms with van der Waals surface area (Å²) in [6, 6.07) is 9.98. The number of aliphatic hydroxyl groups is 1. The van der Waals surface area contributed by atoms with Crippen LogP contribution >= 0.6 is 0 Å². The van der Waals surface area contributed by atoms with Crippen molar-refractivity contribution in [1.82, 2.24) is 25.4 Å². The fraction of sp³-hybridized carbons (Fsp3) is 0.174. The van der Waals surface area contributed by atoms with E-state index in [9.17, 15) is 23.1 Å². The molecule has 4 rings (SSSR count). The standard InChI is InChI=1S/C23H19F3N6O3/c1-13-4-5-15(7-17(13)23(24,25)26)31-22(34)20-8-16(32-35-20)11-28-21(33)19-9-18(29-12-30-19)14-3-2-6-27-10-14/h2-10,12,21,28,33H,11H2,1H3,(H,31,34). The minimum Gasteiger partial charge on any atom is -0.373 e. The van der Waals surface area contributed by atoms with Crippen molar-refractivity contribution in [2.24, 2.45) is 0 Å². The first-order valence-electron chi connectivity index (χ1n) is 10.3. The molecule has 0 saturated heterocycles. The Bertz CT molecular complexity index is 1330. The average Bonchev–Trinajstić information content (AvgIpc) is 3.33. The van der Waals surface area contributed by atoms with Crippen LogP contribution in [-0.4, -0.2) is 31.1 Å². The smallest absolute Gasteiger partial charge is 0.373 e. The molecule has 3 N–H and O–H groups in total. The van der Waals surface area contributed by atoms with Crippen LogP contribution in [-0.2, 0) is 12.7 Å². The van der Waals surface area contributed by atoms with Crippen molar-refractivity contribution in [3.63, 3.8) is 0 Å². The highest BCUT2D eigenvalue weighted by Crippen LogP contribution is 2.33. The first-order chi connectivity index (χ1) is 16.7. The van der Waals surface area contributed by atoms with E-state index in [2.05, 4.69) is 30.7 Å². The molecule has 180 valence electrons. The van der Waals surface area contributed by atoms with Crippen LogP contribution in [0.1, 0.15) is 39.3 Å². The Labute approximate surface area is 197 Å². The molecule has 0 aliphatic heterocycles. The van der Waals surface area contributed by atoms with E-state index in [1.54, 1.807) is 24.5 Å². The lowest BCUT2D eigenvalue weighted by Gasteiger charge is -2.12. The van der Waals surface area contributed by atoms with Gasteiger partial charge in [-0.3, -0.25) is 15.1 Å². The Morgan fingerprint density at radius 3 is 2.74 bits per heavy atom. The van der Waals surface area contributed by atoms with Crippen molar-refractivity contribution in [3.8, 4) is 11.3 Å². The minimum absolute atomic E-state index is 0.0208. The van der Waals surface area contributed by atoms with Gasteiger partial charge in [-0.05, 0) is 42.8 Å². The third kappa shape index (κ3) is 5.86. The zero-order valence-electron chi connectivity index (χ0n) is 18.2. The van der Waals surface area contributed by atoms with Gasteiger partial charge in [-0.15, -0.1) is 0 Å². The summed E-state index contributed by atoms with van der Waals surface area (Å²) in [4.78, 5) is 24.6. The number of aromatic nitrogens is 4. The van der Waals surface area contributed by atoms with Crippen LogP contribution in [0.3, 0.4) is 0 Å². The lowest BCUT2D eigenvalue weighted by molar-refractivity contribution is -0.138. The van der Waals surface area contributed by atoms with E-state index in [0.29, 0.717) is 11.4 Å². The highest BCUT2D eigenvalue weighted by molar-refractivity contribution is 6.02. The Balaban J connectivity index is 1.38. The maximum absolute atomic E-state index is 13.1. The van der Waals surface area contributed by atoms with Gasteiger partial charge in [-0.1, -0.05) is 11.2 Å². The molecule has 1 amide bonds. The van der Waals surface area contributed by atoms with E-state index in [1.165, 1.54) is 31.5 Å². The van der Waals surface area contributed by atoms with Gasteiger partial charge in [0.15, 0.2) is 0 Å². The van der Waals surface area contributed by atoms with E-state index in [0.717, 1.165) is 11.6 Å². The van der Waals surface area contributed by atoms with E-state index in [-0.39, 0.29) is 29.2 Å². The summed E-state index contributed by atoms with van der Waals surface area (Å²) < 4.78 is 44.3. The summed E-state index contributed by atoms with van der Waals surface area (Å²) in [5, 5.41) is 19.3. The summed E-state index contributed by atoms with van der Waals surface area (Å²) in [7, 11) is 0. The number of amides is 1.